The maximum atomic E-state index is 12.3. The first-order valence-electron chi connectivity index (χ1n) is 7.53. The Morgan fingerprint density at radius 1 is 1.38 bits per heavy atom. The van der Waals surface area contributed by atoms with Gasteiger partial charge in [-0.3, -0.25) is 4.79 Å². The molecule has 24 heavy (non-hydrogen) atoms. The average molecular weight is 337 g/mol. The number of allylic oxidation sites excluding steroid dienone is 2. The van der Waals surface area contributed by atoms with E-state index in [4.69, 9.17) is 0 Å². The second-order valence-corrected chi connectivity index (χ2v) is 5.60. The summed E-state index contributed by atoms with van der Waals surface area (Å²) in [5.74, 6) is -1.40. The van der Waals surface area contributed by atoms with Crippen molar-refractivity contribution in [2.24, 2.45) is 0 Å². The fourth-order valence-electron chi connectivity index (χ4n) is 3.00. The number of phenolic OH excluding ortho intramolecular Hbond substituents is 1. The molecule has 6 heteroatoms. The Kier molecular flexibility index (Phi) is 7.27. The van der Waals surface area contributed by atoms with Crippen LogP contribution in [0.3, 0.4) is 0 Å². The molecular formula is C18H20NNaO4. The molecule has 1 heterocycles. The van der Waals surface area contributed by atoms with Crippen LogP contribution in [0.4, 0.5) is 5.69 Å². The van der Waals surface area contributed by atoms with Gasteiger partial charge in [-0.05, 0) is 43.4 Å². The number of benzene rings is 1. The predicted molar refractivity (Wildman–Crippen MR) is 86.2 cm³/mol. The predicted octanol–water partition coefficient (Wildman–Crippen LogP) is -1.73. The van der Waals surface area contributed by atoms with Crippen LogP contribution in [-0.4, -0.2) is 23.0 Å². The van der Waals surface area contributed by atoms with E-state index < -0.39 is 12.0 Å². The molecule has 0 aromatic heterocycles. The molecule has 0 radical (unpaired) electrons. The van der Waals surface area contributed by atoms with Crippen LogP contribution >= 0.6 is 0 Å². The first-order valence-corrected chi connectivity index (χ1v) is 7.53. The van der Waals surface area contributed by atoms with E-state index in [0.717, 1.165) is 5.56 Å². The number of hydrogen-bond acceptors (Lipinski definition) is 4. The van der Waals surface area contributed by atoms with Crippen LogP contribution in [0, 0.1) is 0 Å². The molecule has 1 aromatic rings. The normalized spacial score (nSPS) is 14.4. The van der Waals surface area contributed by atoms with Crippen molar-refractivity contribution in [3.05, 3.63) is 48.1 Å². The van der Waals surface area contributed by atoms with Crippen molar-refractivity contribution in [2.45, 2.75) is 38.6 Å². The number of carbonyl (C=O) groups is 2. The number of carboxylic acid groups (broad SMARTS) is 1. The van der Waals surface area contributed by atoms with Crippen molar-refractivity contribution in [3.8, 4) is 5.75 Å². The first-order chi connectivity index (χ1) is 10.9. The number of aromatic hydroxyl groups is 1. The summed E-state index contributed by atoms with van der Waals surface area (Å²) < 4.78 is 0. The van der Waals surface area contributed by atoms with Gasteiger partial charge in [-0.25, -0.2) is 0 Å². The van der Waals surface area contributed by atoms with E-state index in [9.17, 15) is 19.8 Å². The van der Waals surface area contributed by atoms with Crippen molar-refractivity contribution in [1.82, 2.24) is 0 Å². The number of amides is 1. The zero-order chi connectivity index (χ0) is 17.1. The molecule has 1 unspecified atom stereocenters. The van der Waals surface area contributed by atoms with E-state index in [-0.39, 0.29) is 47.6 Å². The summed E-state index contributed by atoms with van der Waals surface area (Å²) in [5.41, 5.74) is 2.63. The van der Waals surface area contributed by atoms with Gasteiger partial charge in [-0.15, -0.1) is 13.2 Å². The fourth-order valence-corrected chi connectivity index (χ4v) is 3.00. The summed E-state index contributed by atoms with van der Waals surface area (Å²) in [6, 6.07) is 0.606. The molecule has 0 bridgehead atoms. The molecule has 0 fully saturated rings. The maximum absolute atomic E-state index is 12.3. The van der Waals surface area contributed by atoms with E-state index in [1.165, 1.54) is 11.8 Å². The standard InChI is InChI=1S/C18H21NO4.Na/c1-4-6-12-10-15-13(14(7-5-2)17(12)21)8-9-16(20)19(15)11(3)18(22)23;/h4-5,10-11,21H,1-2,6-9H2,3H3,(H,22,23);/q;+1/p-1. The van der Waals surface area contributed by atoms with E-state index >= 15 is 0 Å². The van der Waals surface area contributed by atoms with Crippen molar-refractivity contribution in [1.29, 1.82) is 0 Å². The van der Waals surface area contributed by atoms with Gasteiger partial charge in [0.15, 0.2) is 0 Å². The molecule has 1 aliphatic rings. The van der Waals surface area contributed by atoms with Gasteiger partial charge in [0.1, 0.15) is 5.75 Å². The average Bonchev–Trinajstić information content (AvgIpc) is 2.51. The third kappa shape index (κ3) is 3.74. The molecule has 0 saturated carbocycles. The topological polar surface area (TPSA) is 80.7 Å². The summed E-state index contributed by atoms with van der Waals surface area (Å²) in [7, 11) is 0. The van der Waals surface area contributed by atoms with Crippen LogP contribution in [-0.2, 0) is 28.9 Å². The Bertz CT molecular complexity index is 684. The minimum Gasteiger partial charge on any atom is -0.548 e. The van der Waals surface area contributed by atoms with Crippen LogP contribution < -0.4 is 39.6 Å². The summed E-state index contributed by atoms with van der Waals surface area (Å²) in [4.78, 5) is 24.8. The first kappa shape index (κ1) is 20.5. The monoisotopic (exact) mass is 337 g/mol. The van der Waals surface area contributed by atoms with Gasteiger partial charge in [0, 0.05) is 17.7 Å². The van der Waals surface area contributed by atoms with Gasteiger partial charge in [0.05, 0.1) is 12.0 Å². The Hall–Kier alpha value is -1.56. The van der Waals surface area contributed by atoms with Crippen LogP contribution in [0.2, 0.25) is 0 Å². The zero-order valence-corrected chi connectivity index (χ0v) is 16.2. The van der Waals surface area contributed by atoms with Crippen molar-refractivity contribution in [3.63, 3.8) is 0 Å². The molecule has 1 aromatic carbocycles. The zero-order valence-electron chi connectivity index (χ0n) is 14.2. The number of aliphatic carboxylic acids is 1. The number of hydrogen-bond donors (Lipinski definition) is 1. The minimum absolute atomic E-state index is 0. The smallest absolute Gasteiger partial charge is 0.548 e. The van der Waals surface area contributed by atoms with Crippen LogP contribution in [0.25, 0.3) is 0 Å². The van der Waals surface area contributed by atoms with Crippen molar-refractivity contribution < 1.29 is 49.4 Å². The molecule has 1 aliphatic heterocycles. The van der Waals surface area contributed by atoms with E-state index in [1.807, 2.05) is 0 Å². The molecule has 1 amide bonds. The van der Waals surface area contributed by atoms with E-state index in [0.29, 0.717) is 36.1 Å². The Morgan fingerprint density at radius 2 is 2.00 bits per heavy atom. The molecule has 1 N–H and O–H groups in total. The number of nitrogens with zero attached hydrogens (tertiary/aromatic N) is 1. The van der Waals surface area contributed by atoms with Gasteiger partial charge in [0.25, 0.3) is 0 Å². The summed E-state index contributed by atoms with van der Waals surface area (Å²) in [6.07, 6.45) is 4.86. The molecule has 122 valence electrons. The number of carbonyl (C=O) groups excluding carboxylic acids is 2. The second kappa shape index (κ2) is 8.51. The summed E-state index contributed by atoms with van der Waals surface area (Å²) in [6.45, 7) is 8.80. The molecule has 0 spiro atoms. The molecule has 2 rings (SSSR count). The van der Waals surface area contributed by atoms with Gasteiger partial charge < -0.3 is 19.9 Å². The second-order valence-electron chi connectivity index (χ2n) is 5.60. The van der Waals surface area contributed by atoms with E-state index in [2.05, 4.69) is 13.2 Å². The van der Waals surface area contributed by atoms with Gasteiger partial charge in [0.2, 0.25) is 5.91 Å². The molecule has 1 atom stereocenters. The van der Waals surface area contributed by atoms with Gasteiger partial charge in [-0.1, -0.05) is 12.2 Å². The van der Waals surface area contributed by atoms with E-state index in [1.54, 1.807) is 18.2 Å². The largest absolute Gasteiger partial charge is 1.00 e. The quantitative estimate of drug-likeness (QED) is 0.494. The number of phenols is 1. The third-order valence-electron chi connectivity index (χ3n) is 4.13. The third-order valence-corrected chi connectivity index (χ3v) is 4.13. The molecule has 0 aliphatic carbocycles. The molecule has 0 saturated heterocycles. The van der Waals surface area contributed by atoms with Gasteiger partial charge >= 0.3 is 29.6 Å². The van der Waals surface area contributed by atoms with Crippen molar-refractivity contribution >= 4 is 17.6 Å². The Morgan fingerprint density at radius 3 is 2.54 bits per heavy atom. The summed E-state index contributed by atoms with van der Waals surface area (Å²) in [5, 5.41) is 21.7. The Labute approximate surface area is 164 Å². The SMILES string of the molecule is C=CCc1cc2c(c(CC=C)c1O)CCC(=O)N2C(C)C(=O)[O-].[Na+]. The van der Waals surface area contributed by atoms with Crippen LogP contribution in [0.5, 0.6) is 5.75 Å². The minimum atomic E-state index is -1.31. The van der Waals surface area contributed by atoms with Crippen LogP contribution in [0.1, 0.15) is 30.0 Å². The molecule has 5 nitrogen and oxygen atoms in total. The van der Waals surface area contributed by atoms with Gasteiger partial charge in [-0.2, -0.15) is 0 Å². The Balaban J connectivity index is 0.00000288. The van der Waals surface area contributed by atoms with Crippen LogP contribution in [0.15, 0.2) is 31.4 Å². The number of fused-ring (bicyclic) bond motifs is 1. The van der Waals surface area contributed by atoms with Crippen molar-refractivity contribution in [2.75, 3.05) is 4.90 Å². The number of anilines is 1. The summed E-state index contributed by atoms with van der Waals surface area (Å²) >= 11 is 0. The number of rotatable bonds is 6. The maximum Gasteiger partial charge on any atom is 1.00 e. The number of carboxylic acids is 1. The fraction of sp³-hybridized carbons (Fsp3) is 0.333. The molecular weight excluding hydrogens is 317 g/mol.